The van der Waals surface area contributed by atoms with Gasteiger partial charge in [0.2, 0.25) is 5.91 Å². The molecule has 0 spiro atoms. The lowest BCUT2D eigenvalue weighted by molar-refractivity contribution is -0.119. The number of hydrogen-bond donors (Lipinski definition) is 1. The van der Waals surface area contributed by atoms with E-state index in [-0.39, 0.29) is 5.91 Å². The van der Waals surface area contributed by atoms with Gasteiger partial charge in [-0.3, -0.25) is 9.78 Å². The molecule has 1 atom stereocenters. The number of pyridine rings is 1. The molecule has 1 amide bonds. The number of rotatable bonds is 1. The Bertz CT molecular complexity index is 592. The number of nitrogens with zero attached hydrogens (tertiary/aromatic N) is 1. The highest BCUT2D eigenvalue weighted by molar-refractivity contribution is 5.82. The molecule has 2 aromatic rings. The molecule has 1 saturated heterocycles. The van der Waals surface area contributed by atoms with Crippen molar-refractivity contribution < 1.29 is 4.79 Å². The molecule has 0 bridgehead atoms. The monoisotopic (exact) mass is 226 g/mol. The zero-order chi connectivity index (χ0) is 11.8. The van der Waals surface area contributed by atoms with Gasteiger partial charge in [-0.2, -0.15) is 0 Å². The molecule has 1 unspecified atom stereocenters. The Balaban J connectivity index is 2.02. The fourth-order valence-corrected chi connectivity index (χ4v) is 2.34. The zero-order valence-corrected chi connectivity index (χ0v) is 9.73. The van der Waals surface area contributed by atoms with E-state index in [1.165, 1.54) is 5.56 Å². The summed E-state index contributed by atoms with van der Waals surface area (Å²) < 4.78 is 0. The maximum atomic E-state index is 11.2. The Kier molecular flexibility index (Phi) is 2.32. The van der Waals surface area contributed by atoms with Crippen LogP contribution < -0.4 is 5.32 Å². The summed E-state index contributed by atoms with van der Waals surface area (Å²) in [5.41, 5.74) is 3.27. The molecule has 0 aliphatic carbocycles. The number of carbonyl (C=O) groups is 1. The second-order valence-corrected chi connectivity index (χ2v) is 4.61. The first kappa shape index (κ1) is 10.3. The Morgan fingerprint density at radius 1 is 1.29 bits per heavy atom. The molecule has 1 N–H and O–H groups in total. The Morgan fingerprint density at radius 2 is 2.18 bits per heavy atom. The molecule has 0 radical (unpaired) electrons. The molecule has 0 saturated carbocycles. The fraction of sp³-hybridized carbons (Fsp3) is 0.286. The van der Waals surface area contributed by atoms with E-state index in [1.807, 2.05) is 19.1 Å². The van der Waals surface area contributed by atoms with Crippen LogP contribution in [0.5, 0.6) is 0 Å². The van der Waals surface area contributed by atoms with Crippen LogP contribution in [0.1, 0.15) is 23.6 Å². The van der Waals surface area contributed by atoms with Gasteiger partial charge in [-0.25, -0.2) is 0 Å². The molecule has 2 heterocycles. The quantitative estimate of drug-likeness (QED) is 0.809. The minimum Gasteiger partial charge on any atom is -0.355 e. The van der Waals surface area contributed by atoms with Gasteiger partial charge in [0.25, 0.3) is 0 Å². The molecule has 17 heavy (non-hydrogen) atoms. The van der Waals surface area contributed by atoms with Gasteiger partial charge >= 0.3 is 0 Å². The minimum atomic E-state index is 0.150. The minimum absolute atomic E-state index is 0.150. The molecule has 3 heteroatoms. The third kappa shape index (κ3) is 1.88. The molecular weight excluding hydrogens is 212 g/mol. The highest BCUT2D eigenvalue weighted by Crippen LogP contribution is 2.25. The number of carbonyl (C=O) groups excluding carboxylic acids is 1. The van der Waals surface area contributed by atoms with Crippen LogP contribution in [0, 0.1) is 6.92 Å². The number of hydrogen-bond acceptors (Lipinski definition) is 2. The van der Waals surface area contributed by atoms with E-state index in [1.54, 1.807) is 0 Å². The SMILES string of the molecule is Cc1ccc2cc(C3CNC(=O)C3)ccc2n1. The topological polar surface area (TPSA) is 42.0 Å². The van der Waals surface area contributed by atoms with E-state index in [0.29, 0.717) is 12.3 Å². The van der Waals surface area contributed by atoms with Crippen molar-refractivity contribution in [2.24, 2.45) is 0 Å². The Labute approximate surface area is 99.9 Å². The third-order valence-corrected chi connectivity index (χ3v) is 3.30. The highest BCUT2D eigenvalue weighted by atomic mass is 16.1. The Hall–Kier alpha value is -1.90. The average Bonchev–Trinajstić information content (AvgIpc) is 2.75. The summed E-state index contributed by atoms with van der Waals surface area (Å²) in [6, 6.07) is 10.4. The summed E-state index contributed by atoms with van der Waals surface area (Å²) >= 11 is 0. The van der Waals surface area contributed by atoms with Gasteiger partial charge in [-0.15, -0.1) is 0 Å². The van der Waals surface area contributed by atoms with Crippen LogP contribution in [0.2, 0.25) is 0 Å². The average molecular weight is 226 g/mol. The largest absolute Gasteiger partial charge is 0.355 e. The van der Waals surface area contributed by atoms with E-state index in [2.05, 4.69) is 28.5 Å². The first-order chi connectivity index (χ1) is 8.22. The van der Waals surface area contributed by atoms with Crippen LogP contribution in [0.4, 0.5) is 0 Å². The summed E-state index contributed by atoms with van der Waals surface area (Å²) in [7, 11) is 0. The molecular formula is C14H14N2O. The van der Waals surface area contributed by atoms with Crippen LogP contribution in [-0.4, -0.2) is 17.4 Å². The first-order valence-electron chi connectivity index (χ1n) is 5.86. The van der Waals surface area contributed by atoms with Gasteiger partial charge in [-0.05, 0) is 30.7 Å². The summed E-state index contributed by atoms with van der Waals surface area (Å²) in [4.78, 5) is 15.7. The molecule has 1 fully saturated rings. The first-order valence-corrected chi connectivity index (χ1v) is 5.86. The van der Waals surface area contributed by atoms with Crippen molar-refractivity contribution in [2.75, 3.05) is 6.54 Å². The molecule has 3 rings (SSSR count). The van der Waals surface area contributed by atoms with Crippen molar-refractivity contribution in [3.63, 3.8) is 0 Å². The lowest BCUT2D eigenvalue weighted by Crippen LogP contribution is -2.13. The predicted octanol–water partition coefficient (Wildman–Crippen LogP) is 2.15. The van der Waals surface area contributed by atoms with Crippen molar-refractivity contribution in [3.05, 3.63) is 41.6 Å². The van der Waals surface area contributed by atoms with Gasteiger partial charge in [0, 0.05) is 30.0 Å². The normalized spacial score (nSPS) is 19.6. The second-order valence-electron chi connectivity index (χ2n) is 4.61. The van der Waals surface area contributed by atoms with E-state index >= 15 is 0 Å². The standard InChI is InChI=1S/C14H14N2O/c1-9-2-3-11-6-10(4-5-13(11)16-9)12-7-14(17)15-8-12/h2-6,12H,7-8H2,1H3,(H,15,17). The third-order valence-electron chi connectivity index (χ3n) is 3.30. The van der Waals surface area contributed by atoms with E-state index < -0.39 is 0 Å². The summed E-state index contributed by atoms with van der Waals surface area (Å²) in [5.74, 6) is 0.463. The van der Waals surface area contributed by atoms with Crippen LogP contribution in [-0.2, 0) is 4.79 Å². The zero-order valence-electron chi connectivity index (χ0n) is 9.73. The van der Waals surface area contributed by atoms with Gasteiger partial charge in [-0.1, -0.05) is 12.1 Å². The van der Waals surface area contributed by atoms with Gasteiger partial charge < -0.3 is 5.32 Å². The maximum absolute atomic E-state index is 11.2. The predicted molar refractivity (Wildman–Crippen MR) is 66.8 cm³/mol. The van der Waals surface area contributed by atoms with Crippen LogP contribution in [0.25, 0.3) is 10.9 Å². The Morgan fingerprint density at radius 3 is 2.94 bits per heavy atom. The van der Waals surface area contributed by atoms with Crippen molar-refractivity contribution in [1.82, 2.24) is 10.3 Å². The molecule has 1 aliphatic rings. The number of fused-ring (bicyclic) bond motifs is 1. The van der Waals surface area contributed by atoms with Gasteiger partial charge in [0.1, 0.15) is 0 Å². The molecule has 86 valence electrons. The number of aromatic nitrogens is 1. The van der Waals surface area contributed by atoms with Crippen LogP contribution in [0.15, 0.2) is 30.3 Å². The van der Waals surface area contributed by atoms with Crippen LogP contribution >= 0.6 is 0 Å². The van der Waals surface area contributed by atoms with E-state index in [9.17, 15) is 4.79 Å². The van der Waals surface area contributed by atoms with Crippen molar-refractivity contribution in [2.45, 2.75) is 19.3 Å². The second kappa shape index (κ2) is 3.84. The van der Waals surface area contributed by atoms with Crippen molar-refractivity contribution in [1.29, 1.82) is 0 Å². The molecule has 1 aromatic heterocycles. The van der Waals surface area contributed by atoms with Crippen LogP contribution in [0.3, 0.4) is 0 Å². The highest BCUT2D eigenvalue weighted by Gasteiger charge is 2.22. The number of benzene rings is 1. The summed E-state index contributed by atoms with van der Waals surface area (Å²) in [5, 5.41) is 4.02. The van der Waals surface area contributed by atoms with Crippen molar-refractivity contribution in [3.8, 4) is 0 Å². The van der Waals surface area contributed by atoms with E-state index in [0.717, 1.165) is 23.1 Å². The number of nitrogens with one attached hydrogen (secondary N) is 1. The molecule has 3 nitrogen and oxygen atoms in total. The van der Waals surface area contributed by atoms with Gasteiger partial charge in [0.05, 0.1) is 5.52 Å². The smallest absolute Gasteiger partial charge is 0.220 e. The fourth-order valence-electron chi connectivity index (χ4n) is 2.34. The number of aryl methyl sites for hydroxylation is 1. The maximum Gasteiger partial charge on any atom is 0.220 e. The lowest BCUT2D eigenvalue weighted by atomic mass is 9.96. The number of amides is 1. The summed E-state index contributed by atoms with van der Waals surface area (Å²) in [6.07, 6.45) is 0.602. The molecule has 1 aromatic carbocycles. The molecule has 1 aliphatic heterocycles. The van der Waals surface area contributed by atoms with Crippen molar-refractivity contribution >= 4 is 16.8 Å². The summed E-state index contributed by atoms with van der Waals surface area (Å²) in [6.45, 7) is 2.75. The lowest BCUT2D eigenvalue weighted by Gasteiger charge is -2.08. The van der Waals surface area contributed by atoms with E-state index in [4.69, 9.17) is 0 Å². The van der Waals surface area contributed by atoms with Gasteiger partial charge in [0.15, 0.2) is 0 Å².